The Morgan fingerprint density at radius 1 is 1.41 bits per heavy atom. The number of aromatic nitrogens is 4. The molecule has 0 aliphatic heterocycles. The number of thiocarbonyl (C=S) groups is 1. The van der Waals surface area contributed by atoms with Crippen molar-refractivity contribution in [2.45, 2.75) is 0 Å². The van der Waals surface area contributed by atoms with E-state index in [1.54, 1.807) is 12.5 Å². The van der Waals surface area contributed by atoms with Crippen LogP contribution in [0, 0.1) is 0 Å². The van der Waals surface area contributed by atoms with Gasteiger partial charge < -0.3 is 10.3 Å². The number of para-hydroxylation sites is 1. The van der Waals surface area contributed by atoms with Gasteiger partial charge in [-0.25, -0.2) is 4.98 Å². The molecule has 0 aliphatic carbocycles. The Labute approximate surface area is 131 Å². The summed E-state index contributed by atoms with van der Waals surface area (Å²) in [6.45, 7) is 0. The highest BCUT2D eigenvalue weighted by Crippen LogP contribution is 2.22. The van der Waals surface area contributed by atoms with E-state index in [9.17, 15) is 0 Å². The van der Waals surface area contributed by atoms with Crippen LogP contribution in [0.4, 0.5) is 0 Å². The fourth-order valence-electron chi connectivity index (χ4n) is 2.10. The SMILES string of the molecule is Cn1cnnc1-c1cc(C=NNC(N)=S)c2ccccc2n1. The molecule has 3 aromatic rings. The zero-order valence-electron chi connectivity index (χ0n) is 11.8. The van der Waals surface area contributed by atoms with Gasteiger partial charge in [-0.2, -0.15) is 5.10 Å². The zero-order valence-corrected chi connectivity index (χ0v) is 12.6. The van der Waals surface area contributed by atoms with Gasteiger partial charge in [-0.05, 0) is 24.4 Å². The fourth-order valence-corrected chi connectivity index (χ4v) is 2.16. The van der Waals surface area contributed by atoms with Crippen LogP contribution in [0.2, 0.25) is 0 Å². The van der Waals surface area contributed by atoms with E-state index < -0.39 is 0 Å². The smallest absolute Gasteiger partial charge is 0.184 e. The first-order chi connectivity index (χ1) is 10.6. The van der Waals surface area contributed by atoms with Crippen LogP contribution in [0.3, 0.4) is 0 Å². The maximum atomic E-state index is 5.37. The second-order valence-electron chi connectivity index (χ2n) is 4.61. The van der Waals surface area contributed by atoms with Crippen molar-refractivity contribution >= 4 is 34.4 Å². The van der Waals surface area contributed by atoms with E-state index in [0.29, 0.717) is 5.82 Å². The molecule has 1 aromatic carbocycles. The number of hydrogen-bond donors (Lipinski definition) is 2. The van der Waals surface area contributed by atoms with Gasteiger partial charge in [0.15, 0.2) is 10.9 Å². The van der Waals surface area contributed by atoms with Crippen molar-refractivity contribution in [2.24, 2.45) is 17.9 Å². The molecule has 0 unspecified atom stereocenters. The van der Waals surface area contributed by atoms with Crippen LogP contribution in [0.25, 0.3) is 22.4 Å². The summed E-state index contributed by atoms with van der Waals surface area (Å²) >= 11 is 4.73. The molecule has 0 saturated heterocycles. The first kappa shape index (κ1) is 14.1. The predicted octanol–water partition coefficient (Wildman–Crippen LogP) is 1.20. The minimum Gasteiger partial charge on any atom is -0.375 e. The van der Waals surface area contributed by atoms with Crippen molar-refractivity contribution in [1.82, 2.24) is 25.2 Å². The van der Waals surface area contributed by atoms with Crippen molar-refractivity contribution in [1.29, 1.82) is 0 Å². The van der Waals surface area contributed by atoms with E-state index in [4.69, 9.17) is 18.0 Å². The monoisotopic (exact) mass is 311 g/mol. The number of aryl methyl sites for hydroxylation is 1. The number of rotatable bonds is 3. The third-order valence-electron chi connectivity index (χ3n) is 3.07. The van der Waals surface area contributed by atoms with Crippen LogP contribution in [-0.4, -0.2) is 31.1 Å². The van der Waals surface area contributed by atoms with Crippen molar-refractivity contribution in [2.75, 3.05) is 0 Å². The Morgan fingerprint density at radius 3 is 2.95 bits per heavy atom. The quantitative estimate of drug-likeness (QED) is 0.429. The Bertz CT molecular complexity index is 869. The number of benzene rings is 1. The number of pyridine rings is 1. The molecule has 0 atom stereocenters. The van der Waals surface area contributed by atoms with Crippen molar-refractivity contribution in [3.05, 3.63) is 42.2 Å². The highest BCUT2D eigenvalue weighted by Gasteiger charge is 2.10. The van der Waals surface area contributed by atoms with Crippen LogP contribution in [0.5, 0.6) is 0 Å². The molecule has 0 amide bonds. The molecule has 2 aromatic heterocycles. The number of hydrazone groups is 1. The molecule has 8 heteroatoms. The van der Waals surface area contributed by atoms with Crippen LogP contribution in [0.1, 0.15) is 5.56 Å². The molecule has 110 valence electrons. The van der Waals surface area contributed by atoms with Gasteiger partial charge in [0.25, 0.3) is 0 Å². The lowest BCUT2D eigenvalue weighted by molar-refractivity contribution is 0.915. The van der Waals surface area contributed by atoms with Gasteiger partial charge in [-0.15, -0.1) is 10.2 Å². The second kappa shape index (κ2) is 5.86. The number of fused-ring (bicyclic) bond motifs is 1. The van der Waals surface area contributed by atoms with E-state index >= 15 is 0 Å². The highest BCUT2D eigenvalue weighted by atomic mass is 32.1. The first-order valence-corrected chi connectivity index (χ1v) is 6.88. The van der Waals surface area contributed by atoms with Gasteiger partial charge in [0.1, 0.15) is 12.0 Å². The molecule has 0 radical (unpaired) electrons. The van der Waals surface area contributed by atoms with E-state index in [1.165, 1.54) is 0 Å². The summed E-state index contributed by atoms with van der Waals surface area (Å²) in [4.78, 5) is 4.63. The van der Waals surface area contributed by atoms with Crippen LogP contribution in [0.15, 0.2) is 41.8 Å². The standard InChI is InChI=1S/C14H13N7S/c1-21-8-17-19-13(21)12-6-9(7-16-20-14(15)22)10-4-2-3-5-11(10)18-12/h2-8H,1H3,(H3,15,20,22). The van der Waals surface area contributed by atoms with Gasteiger partial charge in [0.05, 0.1) is 11.7 Å². The maximum Gasteiger partial charge on any atom is 0.184 e. The average Bonchev–Trinajstić information content (AvgIpc) is 2.93. The van der Waals surface area contributed by atoms with Crippen molar-refractivity contribution in [3.63, 3.8) is 0 Å². The van der Waals surface area contributed by atoms with E-state index in [-0.39, 0.29) is 5.11 Å². The summed E-state index contributed by atoms with van der Waals surface area (Å²) in [6, 6.07) is 9.70. The second-order valence-corrected chi connectivity index (χ2v) is 5.05. The molecule has 3 N–H and O–H groups in total. The van der Waals surface area contributed by atoms with Crippen molar-refractivity contribution < 1.29 is 0 Å². The Kier molecular flexibility index (Phi) is 3.75. The summed E-state index contributed by atoms with van der Waals surface area (Å²) in [5.74, 6) is 0.683. The molecular formula is C14H13N7S. The third kappa shape index (κ3) is 2.77. The van der Waals surface area contributed by atoms with Gasteiger partial charge in [0, 0.05) is 18.0 Å². The summed E-state index contributed by atoms with van der Waals surface area (Å²) in [7, 11) is 1.87. The van der Waals surface area contributed by atoms with E-state index in [1.807, 2.05) is 41.9 Å². The fraction of sp³-hybridized carbons (Fsp3) is 0.0714. The lowest BCUT2D eigenvalue weighted by Gasteiger charge is -2.06. The summed E-state index contributed by atoms with van der Waals surface area (Å²) in [5.41, 5.74) is 10.4. The Morgan fingerprint density at radius 2 is 2.23 bits per heavy atom. The summed E-state index contributed by atoms with van der Waals surface area (Å²) in [5, 5.41) is 13.1. The minimum absolute atomic E-state index is 0.114. The van der Waals surface area contributed by atoms with Gasteiger partial charge in [0.2, 0.25) is 0 Å². The molecule has 0 spiro atoms. The van der Waals surface area contributed by atoms with Gasteiger partial charge in [-0.1, -0.05) is 18.2 Å². The molecule has 3 rings (SSSR count). The molecule has 0 bridgehead atoms. The summed E-state index contributed by atoms with van der Waals surface area (Å²) < 4.78 is 1.81. The largest absolute Gasteiger partial charge is 0.375 e. The molecule has 7 nitrogen and oxygen atoms in total. The van der Waals surface area contributed by atoms with Gasteiger partial charge in [-0.3, -0.25) is 5.43 Å². The molecule has 0 fully saturated rings. The average molecular weight is 311 g/mol. The molecule has 0 aliphatic rings. The third-order valence-corrected chi connectivity index (χ3v) is 3.16. The molecule has 0 saturated carbocycles. The van der Waals surface area contributed by atoms with E-state index in [0.717, 1.165) is 22.2 Å². The number of nitrogens with zero attached hydrogens (tertiary/aromatic N) is 5. The predicted molar refractivity (Wildman–Crippen MR) is 89.3 cm³/mol. The number of nitrogens with one attached hydrogen (secondary N) is 1. The Balaban J connectivity index is 2.14. The topological polar surface area (TPSA) is 94.0 Å². The van der Waals surface area contributed by atoms with Crippen LogP contribution in [-0.2, 0) is 7.05 Å². The van der Waals surface area contributed by atoms with Crippen LogP contribution >= 0.6 is 12.2 Å². The summed E-state index contributed by atoms with van der Waals surface area (Å²) in [6.07, 6.45) is 3.29. The lowest BCUT2D eigenvalue weighted by Crippen LogP contribution is -2.24. The Hall–Kier alpha value is -2.87. The molecular weight excluding hydrogens is 298 g/mol. The number of nitrogens with two attached hydrogens (primary N) is 1. The van der Waals surface area contributed by atoms with Crippen molar-refractivity contribution in [3.8, 4) is 11.5 Å². The number of hydrogen-bond acceptors (Lipinski definition) is 5. The normalized spacial score (nSPS) is 11.1. The first-order valence-electron chi connectivity index (χ1n) is 6.48. The van der Waals surface area contributed by atoms with E-state index in [2.05, 4.69) is 25.7 Å². The van der Waals surface area contributed by atoms with Gasteiger partial charge >= 0.3 is 0 Å². The molecule has 22 heavy (non-hydrogen) atoms. The highest BCUT2D eigenvalue weighted by molar-refractivity contribution is 7.80. The van der Waals surface area contributed by atoms with Crippen LogP contribution < -0.4 is 11.2 Å². The lowest BCUT2D eigenvalue weighted by atomic mass is 10.1. The zero-order chi connectivity index (χ0) is 15.5. The minimum atomic E-state index is 0.114. The maximum absolute atomic E-state index is 5.37. The molecule has 2 heterocycles.